The number of hydrogen-bond acceptors (Lipinski definition) is 5. The standard InChI is InChI=1S/C12H19ClN2O2S2/c1-2-9(14)12(10-3-4-11(13)18-10)15-5-7-19(16,17)8-6-15/h3-4,9,12H,2,5-8,14H2,1H3. The highest BCUT2D eigenvalue weighted by molar-refractivity contribution is 7.91. The van der Waals surface area contributed by atoms with Gasteiger partial charge in [-0.05, 0) is 18.6 Å². The smallest absolute Gasteiger partial charge is 0.152 e. The molecule has 2 rings (SSSR count). The second-order valence-electron chi connectivity index (χ2n) is 4.85. The normalized spacial score (nSPS) is 23.1. The van der Waals surface area contributed by atoms with E-state index in [2.05, 4.69) is 4.90 Å². The maximum Gasteiger partial charge on any atom is 0.152 e. The maximum atomic E-state index is 11.5. The van der Waals surface area contributed by atoms with Gasteiger partial charge in [0, 0.05) is 24.0 Å². The summed E-state index contributed by atoms with van der Waals surface area (Å²) < 4.78 is 23.8. The molecule has 0 spiro atoms. The van der Waals surface area contributed by atoms with Crippen molar-refractivity contribution in [2.45, 2.75) is 25.4 Å². The molecule has 2 atom stereocenters. The summed E-state index contributed by atoms with van der Waals surface area (Å²) in [5.41, 5.74) is 6.23. The molecule has 0 radical (unpaired) electrons. The van der Waals surface area contributed by atoms with Gasteiger partial charge in [0.25, 0.3) is 0 Å². The second kappa shape index (κ2) is 6.10. The van der Waals surface area contributed by atoms with Gasteiger partial charge >= 0.3 is 0 Å². The van der Waals surface area contributed by atoms with E-state index in [-0.39, 0.29) is 23.6 Å². The molecule has 0 bridgehead atoms. The lowest BCUT2D eigenvalue weighted by Crippen LogP contribution is -2.47. The van der Waals surface area contributed by atoms with E-state index in [4.69, 9.17) is 17.3 Å². The van der Waals surface area contributed by atoms with Gasteiger partial charge in [0.1, 0.15) is 0 Å². The first-order valence-corrected chi connectivity index (χ1v) is 9.40. The van der Waals surface area contributed by atoms with Crippen molar-refractivity contribution < 1.29 is 8.42 Å². The molecule has 2 N–H and O–H groups in total. The molecule has 7 heteroatoms. The van der Waals surface area contributed by atoms with E-state index in [0.717, 1.165) is 15.6 Å². The maximum absolute atomic E-state index is 11.5. The summed E-state index contributed by atoms with van der Waals surface area (Å²) in [4.78, 5) is 3.30. The minimum Gasteiger partial charge on any atom is -0.326 e. The molecule has 1 fully saturated rings. The highest BCUT2D eigenvalue weighted by Crippen LogP contribution is 2.33. The van der Waals surface area contributed by atoms with Gasteiger partial charge < -0.3 is 5.73 Å². The average Bonchev–Trinajstić information content (AvgIpc) is 2.78. The molecule has 1 aromatic heterocycles. The van der Waals surface area contributed by atoms with Crippen molar-refractivity contribution in [3.05, 3.63) is 21.3 Å². The third-order valence-electron chi connectivity index (χ3n) is 3.53. The number of thiophene rings is 1. The van der Waals surface area contributed by atoms with E-state index in [9.17, 15) is 8.42 Å². The summed E-state index contributed by atoms with van der Waals surface area (Å²) in [5.74, 6) is 0.443. The van der Waals surface area contributed by atoms with Gasteiger partial charge in [0.05, 0.1) is 21.9 Å². The van der Waals surface area contributed by atoms with Crippen molar-refractivity contribution in [2.75, 3.05) is 24.6 Å². The molecule has 108 valence electrons. The van der Waals surface area contributed by atoms with Crippen molar-refractivity contribution in [1.82, 2.24) is 4.90 Å². The predicted octanol–water partition coefficient (Wildman–Crippen LogP) is 1.91. The van der Waals surface area contributed by atoms with E-state index >= 15 is 0 Å². The van der Waals surface area contributed by atoms with Crippen LogP contribution in [0, 0.1) is 0 Å². The van der Waals surface area contributed by atoms with Gasteiger partial charge in [-0.15, -0.1) is 11.3 Å². The van der Waals surface area contributed by atoms with Crippen molar-refractivity contribution in [1.29, 1.82) is 0 Å². The Morgan fingerprint density at radius 3 is 2.53 bits per heavy atom. The average molecular weight is 323 g/mol. The zero-order valence-electron chi connectivity index (χ0n) is 10.9. The van der Waals surface area contributed by atoms with Crippen LogP contribution in [0.2, 0.25) is 4.34 Å². The van der Waals surface area contributed by atoms with Crippen LogP contribution in [0.5, 0.6) is 0 Å². The summed E-state index contributed by atoms with van der Waals surface area (Å²) >= 11 is 7.53. The topological polar surface area (TPSA) is 63.4 Å². The van der Waals surface area contributed by atoms with Crippen molar-refractivity contribution in [2.24, 2.45) is 5.73 Å². The molecule has 0 amide bonds. The third-order valence-corrected chi connectivity index (χ3v) is 6.45. The van der Waals surface area contributed by atoms with Crippen LogP contribution in [0.25, 0.3) is 0 Å². The molecule has 1 saturated heterocycles. The van der Waals surface area contributed by atoms with Gasteiger partial charge in [-0.25, -0.2) is 8.42 Å². The SMILES string of the molecule is CCC(N)C(c1ccc(Cl)s1)N1CCS(=O)(=O)CC1. The lowest BCUT2D eigenvalue weighted by Gasteiger charge is -2.36. The molecule has 1 aromatic rings. The van der Waals surface area contributed by atoms with Crippen LogP contribution in [-0.2, 0) is 9.84 Å². The summed E-state index contributed by atoms with van der Waals surface area (Å²) in [6.45, 7) is 3.15. The molecular weight excluding hydrogens is 304 g/mol. The molecule has 0 saturated carbocycles. The van der Waals surface area contributed by atoms with Gasteiger partial charge in [0.2, 0.25) is 0 Å². The van der Waals surface area contributed by atoms with Crippen molar-refractivity contribution in [3.8, 4) is 0 Å². The van der Waals surface area contributed by atoms with Gasteiger partial charge in [-0.1, -0.05) is 18.5 Å². The van der Waals surface area contributed by atoms with E-state index in [0.29, 0.717) is 13.1 Å². The fraction of sp³-hybridized carbons (Fsp3) is 0.667. The first-order chi connectivity index (χ1) is 8.93. The van der Waals surface area contributed by atoms with Crippen LogP contribution in [0.15, 0.2) is 12.1 Å². The Morgan fingerprint density at radius 1 is 1.42 bits per heavy atom. The molecule has 2 heterocycles. The Labute approximate surface area is 123 Å². The summed E-state index contributed by atoms with van der Waals surface area (Å²) in [5, 5.41) is 0. The molecule has 0 aromatic carbocycles. The minimum absolute atomic E-state index is 0.00415. The molecule has 19 heavy (non-hydrogen) atoms. The molecule has 1 aliphatic rings. The van der Waals surface area contributed by atoms with Crippen LogP contribution in [0.1, 0.15) is 24.3 Å². The minimum atomic E-state index is -2.86. The van der Waals surface area contributed by atoms with E-state index in [1.807, 2.05) is 19.1 Å². The quantitative estimate of drug-likeness (QED) is 0.919. The second-order valence-corrected chi connectivity index (χ2v) is 8.90. The molecule has 2 unspecified atom stereocenters. The molecule has 1 aliphatic heterocycles. The van der Waals surface area contributed by atoms with Gasteiger partial charge in [0.15, 0.2) is 9.84 Å². The van der Waals surface area contributed by atoms with Crippen LogP contribution >= 0.6 is 22.9 Å². The number of nitrogens with zero attached hydrogens (tertiary/aromatic N) is 1. The van der Waals surface area contributed by atoms with Crippen LogP contribution in [0.3, 0.4) is 0 Å². The van der Waals surface area contributed by atoms with E-state index in [1.54, 1.807) is 0 Å². The lowest BCUT2D eigenvalue weighted by molar-refractivity contribution is 0.186. The van der Waals surface area contributed by atoms with Crippen LogP contribution in [-0.4, -0.2) is 44.0 Å². The van der Waals surface area contributed by atoms with Crippen molar-refractivity contribution >= 4 is 32.8 Å². The van der Waals surface area contributed by atoms with Gasteiger partial charge in [-0.3, -0.25) is 4.90 Å². The van der Waals surface area contributed by atoms with Crippen molar-refractivity contribution in [3.63, 3.8) is 0 Å². The third kappa shape index (κ3) is 3.70. The zero-order chi connectivity index (χ0) is 14.0. The number of hydrogen-bond donors (Lipinski definition) is 1. The Hall–Kier alpha value is -0.140. The first kappa shape index (κ1) is 15.3. The fourth-order valence-corrected chi connectivity index (χ4v) is 4.88. The Balaban J connectivity index is 2.19. The zero-order valence-corrected chi connectivity index (χ0v) is 13.3. The number of halogens is 1. The lowest BCUT2D eigenvalue weighted by atomic mass is 10.0. The molecule has 4 nitrogen and oxygen atoms in total. The Morgan fingerprint density at radius 2 is 2.05 bits per heavy atom. The number of rotatable bonds is 4. The Bertz CT molecular complexity index is 516. The Kier molecular flexibility index (Phi) is 4.89. The van der Waals surface area contributed by atoms with E-state index < -0.39 is 9.84 Å². The first-order valence-electron chi connectivity index (χ1n) is 6.38. The number of nitrogens with two attached hydrogens (primary N) is 1. The molecule has 0 aliphatic carbocycles. The van der Waals surface area contributed by atoms with Gasteiger partial charge in [-0.2, -0.15) is 0 Å². The predicted molar refractivity (Wildman–Crippen MR) is 80.6 cm³/mol. The highest BCUT2D eigenvalue weighted by atomic mass is 35.5. The van der Waals surface area contributed by atoms with E-state index in [1.165, 1.54) is 11.3 Å². The summed E-state index contributed by atoms with van der Waals surface area (Å²) in [6.07, 6.45) is 0.851. The summed E-state index contributed by atoms with van der Waals surface area (Å²) in [6, 6.07) is 3.93. The number of sulfone groups is 1. The highest BCUT2D eigenvalue weighted by Gasteiger charge is 2.31. The fourth-order valence-electron chi connectivity index (χ4n) is 2.38. The molecular formula is C12H19ClN2O2S2. The van der Waals surface area contributed by atoms with Crippen LogP contribution < -0.4 is 5.73 Å². The van der Waals surface area contributed by atoms with Crippen LogP contribution in [0.4, 0.5) is 0 Å². The summed E-state index contributed by atoms with van der Waals surface area (Å²) in [7, 11) is -2.86. The monoisotopic (exact) mass is 322 g/mol. The largest absolute Gasteiger partial charge is 0.326 e.